The maximum Gasteiger partial charge on any atom is 0.0971 e. The smallest absolute Gasteiger partial charge is 0.0971 e. The van der Waals surface area contributed by atoms with Gasteiger partial charge in [-0.2, -0.15) is 0 Å². The van der Waals surface area contributed by atoms with Crippen LogP contribution in [0.2, 0.25) is 0 Å². The van der Waals surface area contributed by atoms with E-state index < -0.39 is 0 Å². The van der Waals surface area contributed by atoms with E-state index in [9.17, 15) is 0 Å². The van der Waals surface area contributed by atoms with E-state index in [2.05, 4.69) is 4.98 Å². The summed E-state index contributed by atoms with van der Waals surface area (Å²) in [7, 11) is 0. The van der Waals surface area contributed by atoms with Gasteiger partial charge in [-0.05, 0) is 31.0 Å². The molecule has 0 saturated carbocycles. The zero-order chi connectivity index (χ0) is 11.0. The molecule has 2 aromatic rings. The Balaban J connectivity index is 1.97. The lowest BCUT2D eigenvalue weighted by Crippen LogP contribution is -2.13. The van der Waals surface area contributed by atoms with Gasteiger partial charge >= 0.3 is 0 Å². The Labute approximate surface area is 98.2 Å². The molecule has 0 spiro atoms. The summed E-state index contributed by atoms with van der Waals surface area (Å²) in [5.41, 5.74) is 7.66. The first-order valence-electron chi connectivity index (χ1n) is 5.56. The van der Waals surface area contributed by atoms with Crippen molar-refractivity contribution in [3.05, 3.63) is 23.2 Å². The van der Waals surface area contributed by atoms with Crippen molar-refractivity contribution in [1.82, 2.24) is 4.98 Å². The molecule has 1 fully saturated rings. The summed E-state index contributed by atoms with van der Waals surface area (Å²) < 4.78 is 6.57. The van der Waals surface area contributed by atoms with E-state index in [1.807, 2.05) is 18.2 Å². The molecular formula is C12H14N2OS. The molecular weight excluding hydrogens is 220 g/mol. The van der Waals surface area contributed by atoms with E-state index in [0.717, 1.165) is 37.3 Å². The molecule has 0 aliphatic carbocycles. The standard InChI is InChI=1S/C12H14N2OS/c13-9-1-2-10-11(7-9)16-12(14-10)8-3-5-15-6-4-8/h1-2,7-8H,3-6,13H2. The van der Waals surface area contributed by atoms with Gasteiger partial charge in [0.2, 0.25) is 0 Å². The second-order valence-electron chi connectivity index (χ2n) is 4.17. The van der Waals surface area contributed by atoms with Gasteiger partial charge in [-0.3, -0.25) is 0 Å². The van der Waals surface area contributed by atoms with Crippen molar-refractivity contribution in [2.75, 3.05) is 18.9 Å². The first-order chi connectivity index (χ1) is 7.83. The summed E-state index contributed by atoms with van der Waals surface area (Å²) in [6.45, 7) is 1.73. The van der Waals surface area contributed by atoms with Gasteiger partial charge in [0.15, 0.2) is 0 Å². The van der Waals surface area contributed by atoms with E-state index >= 15 is 0 Å². The molecule has 1 aromatic heterocycles. The van der Waals surface area contributed by atoms with Gasteiger partial charge in [0, 0.05) is 24.8 Å². The van der Waals surface area contributed by atoms with Gasteiger partial charge < -0.3 is 10.5 Å². The number of thiazole rings is 1. The highest BCUT2D eigenvalue weighted by molar-refractivity contribution is 7.18. The molecule has 1 aliphatic heterocycles. The number of nitrogens with zero attached hydrogens (tertiary/aromatic N) is 1. The van der Waals surface area contributed by atoms with Gasteiger partial charge in [-0.25, -0.2) is 4.98 Å². The number of nitrogen functional groups attached to an aromatic ring is 1. The summed E-state index contributed by atoms with van der Waals surface area (Å²) in [4.78, 5) is 4.68. The number of hydrogen-bond donors (Lipinski definition) is 1. The van der Waals surface area contributed by atoms with Crippen LogP contribution in [0.1, 0.15) is 23.8 Å². The third-order valence-corrected chi connectivity index (χ3v) is 4.18. The van der Waals surface area contributed by atoms with Gasteiger partial charge in [0.05, 0.1) is 15.2 Å². The lowest BCUT2D eigenvalue weighted by Gasteiger charge is -2.19. The zero-order valence-corrected chi connectivity index (χ0v) is 9.80. The van der Waals surface area contributed by atoms with Crippen LogP contribution in [0.15, 0.2) is 18.2 Å². The van der Waals surface area contributed by atoms with Crippen LogP contribution in [-0.2, 0) is 4.74 Å². The van der Waals surface area contributed by atoms with Crippen molar-refractivity contribution in [3.8, 4) is 0 Å². The van der Waals surface area contributed by atoms with E-state index in [0.29, 0.717) is 5.92 Å². The Kier molecular flexibility index (Phi) is 2.53. The van der Waals surface area contributed by atoms with Gasteiger partial charge in [0.1, 0.15) is 0 Å². The third-order valence-electron chi connectivity index (χ3n) is 3.00. The van der Waals surface area contributed by atoms with Crippen molar-refractivity contribution in [3.63, 3.8) is 0 Å². The van der Waals surface area contributed by atoms with Crippen LogP contribution in [-0.4, -0.2) is 18.2 Å². The average molecular weight is 234 g/mol. The Morgan fingerprint density at radius 3 is 2.94 bits per heavy atom. The monoisotopic (exact) mass is 234 g/mol. The maximum atomic E-state index is 5.77. The molecule has 1 aromatic carbocycles. The fourth-order valence-electron chi connectivity index (χ4n) is 2.08. The molecule has 2 N–H and O–H groups in total. The fourth-order valence-corrected chi connectivity index (χ4v) is 3.26. The van der Waals surface area contributed by atoms with E-state index in [1.165, 1.54) is 9.71 Å². The maximum absolute atomic E-state index is 5.77. The Bertz CT molecular complexity index is 503. The largest absolute Gasteiger partial charge is 0.399 e. The normalized spacial score (nSPS) is 18.0. The molecule has 2 heterocycles. The lowest BCUT2D eigenvalue weighted by atomic mass is 10.0. The van der Waals surface area contributed by atoms with Crippen LogP contribution in [0.5, 0.6) is 0 Å². The van der Waals surface area contributed by atoms with E-state index in [4.69, 9.17) is 10.5 Å². The number of anilines is 1. The molecule has 0 bridgehead atoms. The quantitative estimate of drug-likeness (QED) is 0.772. The SMILES string of the molecule is Nc1ccc2nc(C3CCOCC3)sc2c1. The first-order valence-corrected chi connectivity index (χ1v) is 6.38. The highest BCUT2D eigenvalue weighted by Gasteiger charge is 2.19. The first kappa shape index (κ1) is 10.1. The number of nitrogens with two attached hydrogens (primary N) is 1. The molecule has 3 nitrogen and oxygen atoms in total. The number of hydrogen-bond acceptors (Lipinski definition) is 4. The molecule has 4 heteroatoms. The molecule has 0 atom stereocenters. The lowest BCUT2D eigenvalue weighted by molar-refractivity contribution is 0.0853. The average Bonchev–Trinajstić information content (AvgIpc) is 2.73. The molecule has 16 heavy (non-hydrogen) atoms. The van der Waals surface area contributed by atoms with Crippen molar-refractivity contribution in [1.29, 1.82) is 0 Å². The minimum Gasteiger partial charge on any atom is -0.399 e. The van der Waals surface area contributed by atoms with E-state index in [-0.39, 0.29) is 0 Å². The van der Waals surface area contributed by atoms with E-state index in [1.54, 1.807) is 11.3 Å². The predicted molar refractivity (Wildman–Crippen MR) is 66.8 cm³/mol. The predicted octanol–water partition coefficient (Wildman–Crippen LogP) is 2.77. The zero-order valence-electron chi connectivity index (χ0n) is 8.98. The minimum atomic E-state index is 0.576. The summed E-state index contributed by atoms with van der Waals surface area (Å²) in [5, 5.41) is 1.24. The van der Waals surface area contributed by atoms with Crippen LogP contribution in [0.3, 0.4) is 0 Å². The van der Waals surface area contributed by atoms with Crippen molar-refractivity contribution in [2.45, 2.75) is 18.8 Å². The van der Waals surface area contributed by atoms with Crippen LogP contribution in [0, 0.1) is 0 Å². The highest BCUT2D eigenvalue weighted by Crippen LogP contribution is 2.33. The third kappa shape index (κ3) is 1.79. The van der Waals surface area contributed by atoms with Crippen molar-refractivity contribution >= 4 is 27.2 Å². The summed E-state index contributed by atoms with van der Waals surface area (Å²) in [6, 6.07) is 5.93. The topological polar surface area (TPSA) is 48.1 Å². The van der Waals surface area contributed by atoms with Crippen LogP contribution in [0.4, 0.5) is 5.69 Å². The molecule has 0 unspecified atom stereocenters. The Hall–Kier alpha value is -1.13. The molecule has 1 saturated heterocycles. The Morgan fingerprint density at radius 2 is 2.12 bits per heavy atom. The van der Waals surface area contributed by atoms with Crippen molar-refractivity contribution < 1.29 is 4.74 Å². The summed E-state index contributed by atoms with van der Waals surface area (Å²) in [5.74, 6) is 0.576. The van der Waals surface area contributed by atoms with Crippen LogP contribution < -0.4 is 5.73 Å². The summed E-state index contributed by atoms with van der Waals surface area (Å²) >= 11 is 1.77. The van der Waals surface area contributed by atoms with Gasteiger partial charge in [-0.15, -0.1) is 11.3 Å². The van der Waals surface area contributed by atoms with Crippen LogP contribution in [0.25, 0.3) is 10.2 Å². The van der Waals surface area contributed by atoms with Crippen molar-refractivity contribution in [2.24, 2.45) is 0 Å². The van der Waals surface area contributed by atoms with Gasteiger partial charge in [0.25, 0.3) is 0 Å². The summed E-state index contributed by atoms with van der Waals surface area (Å²) in [6.07, 6.45) is 2.19. The van der Waals surface area contributed by atoms with Gasteiger partial charge in [-0.1, -0.05) is 0 Å². The number of ether oxygens (including phenoxy) is 1. The molecule has 3 rings (SSSR count). The number of aromatic nitrogens is 1. The number of rotatable bonds is 1. The minimum absolute atomic E-state index is 0.576. The Morgan fingerprint density at radius 1 is 1.31 bits per heavy atom. The van der Waals surface area contributed by atoms with Crippen LogP contribution >= 0.6 is 11.3 Å². The molecule has 0 amide bonds. The molecule has 84 valence electrons. The highest BCUT2D eigenvalue weighted by atomic mass is 32.1. The number of benzene rings is 1. The second kappa shape index (κ2) is 4.03. The second-order valence-corrected chi connectivity index (χ2v) is 5.23. The number of fused-ring (bicyclic) bond motifs is 1. The molecule has 0 radical (unpaired) electrons. The molecule has 1 aliphatic rings. The fraction of sp³-hybridized carbons (Fsp3) is 0.417.